The summed E-state index contributed by atoms with van der Waals surface area (Å²) in [6.45, 7) is 0. The Morgan fingerprint density at radius 1 is 1.46 bits per heavy atom. The van der Waals surface area contributed by atoms with Crippen LogP contribution >= 0.6 is 15.9 Å². The van der Waals surface area contributed by atoms with E-state index in [0.717, 1.165) is 27.2 Å². The summed E-state index contributed by atoms with van der Waals surface area (Å²) in [5, 5.41) is 1.11. The number of carbonyl (C=O) groups is 1. The molecule has 1 N–H and O–H groups in total. The largest absolute Gasteiger partial charge is 0.360 e. The highest BCUT2D eigenvalue weighted by molar-refractivity contribution is 9.10. The highest BCUT2D eigenvalue weighted by Gasteiger charge is 2.04. The molecule has 13 heavy (non-hydrogen) atoms. The second-order valence-electron chi connectivity index (χ2n) is 2.85. The molecule has 1 heterocycles. The van der Waals surface area contributed by atoms with E-state index in [4.69, 9.17) is 0 Å². The molecule has 0 aliphatic rings. The summed E-state index contributed by atoms with van der Waals surface area (Å²) in [5.74, 6) is 0. The summed E-state index contributed by atoms with van der Waals surface area (Å²) < 4.78 is 1.01. The van der Waals surface area contributed by atoms with Gasteiger partial charge in [-0.2, -0.15) is 0 Å². The Labute approximate surface area is 84.1 Å². The van der Waals surface area contributed by atoms with Crippen molar-refractivity contribution < 1.29 is 4.79 Å². The molecule has 0 amide bonds. The molecule has 2 nitrogen and oxygen atoms in total. The molecule has 0 spiro atoms. The minimum Gasteiger partial charge on any atom is -0.360 e. The molecule has 0 saturated carbocycles. The van der Waals surface area contributed by atoms with Crippen molar-refractivity contribution in [1.82, 2.24) is 4.98 Å². The standard InChI is InChI=1S/C10H8BrNO/c11-8-6-12-9-3-1-2-7(4-5-13)10(8)9/h1-3,5-6,12H,4H2. The van der Waals surface area contributed by atoms with Crippen LogP contribution in [0.5, 0.6) is 0 Å². The molecule has 1 aromatic heterocycles. The summed E-state index contributed by atoms with van der Waals surface area (Å²) in [4.78, 5) is 13.5. The third-order valence-corrected chi connectivity index (χ3v) is 2.67. The lowest BCUT2D eigenvalue weighted by molar-refractivity contribution is -0.107. The first-order valence-corrected chi connectivity index (χ1v) is 4.80. The molecule has 0 fully saturated rings. The van der Waals surface area contributed by atoms with Gasteiger partial charge in [0.05, 0.1) is 0 Å². The molecule has 1 aromatic carbocycles. The van der Waals surface area contributed by atoms with Gasteiger partial charge in [0.15, 0.2) is 0 Å². The normalized spacial score (nSPS) is 10.5. The Hall–Kier alpha value is -1.09. The quantitative estimate of drug-likeness (QED) is 0.801. The molecule has 66 valence electrons. The third kappa shape index (κ3) is 1.40. The summed E-state index contributed by atoms with van der Waals surface area (Å²) in [5.41, 5.74) is 2.12. The van der Waals surface area contributed by atoms with Crippen molar-refractivity contribution in [2.75, 3.05) is 0 Å². The molecular weight excluding hydrogens is 230 g/mol. The van der Waals surface area contributed by atoms with Gasteiger partial charge in [-0.3, -0.25) is 0 Å². The maximum absolute atomic E-state index is 10.4. The first kappa shape index (κ1) is 8.51. The Kier molecular flexibility index (Phi) is 2.19. The van der Waals surface area contributed by atoms with E-state index in [2.05, 4.69) is 20.9 Å². The predicted octanol–water partition coefficient (Wildman–Crippen LogP) is 2.67. The first-order chi connectivity index (χ1) is 6.33. The van der Waals surface area contributed by atoms with E-state index in [1.54, 1.807) is 0 Å². The maximum atomic E-state index is 10.4. The molecule has 0 aliphatic heterocycles. The van der Waals surface area contributed by atoms with E-state index in [0.29, 0.717) is 6.42 Å². The minimum atomic E-state index is 0.466. The number of H-pyrrole nitrogens is 1. The number of rotatable bonds is 2. The molecule has 3 heteroatoms. The number of benzene rings is 1. The van der Waals surface area contributed by atoms with Crippen LogP contribution in [0.2, 0.25) is 0 Å². The molecule has 2 aromatic rings. The Bertz CT molecular complexity index is 447. The van der Waals surface area contributed by atoms with Crippen molar-refractivity contribution in [3.63, 3.8) is 0 Å². The molecule has 2 rings (SSSR count). The fourth-order valence-corrected chi connectivity index (χ4v) is 2.06. The van der Waals surface area contributed by atoms with Crippen molar-refractivity contribution in [1.29, 1.82) is 0 Å². The van der Waals surface area contributed by atoms with E-state index < -0.39 is 0 Å². The number of fused-ring (bicyclic) bond motifs is 1. The molecule has 0 bridgehead atoms. The van der Waals surface area contributed by atoms with Crippen LogP contribution in [0.25, 0.3) is 10.9 Å². The highest BCUT2D eigenvalue weighted by Crippen LogP contribution is 2.26. The molecule has 0 saturated heterocycles. The van der Waals surface area contributed by atoms with Gasteiger partial charge < -0.3 is 9.78 Å². The van der Waals surface area contributed by atoms with Gasteiger partial charge in [0, 0.05) is 28.0 Å². The highest BCUT2D eigenvalue weighted by atomic mass is 79.9. The van der Waals surface area contributed by atoms with Crippen LogP contribution in [0.1, 0.15) is 5.56 Å². The van der Waals surface area contributed by atoms with Gasteiger partial charge in [0.25, 0.3) is 0 Å². The second-order valence-corrected chi connectivity index (χ2v) is 3.70. The van der Waals surface area contributed by atoms with Gasteiger partial charge in [-0.1, -0.05) is 12.1 Å². The Morgan fingerprint density at radius 2 is 2.31 bits per heavy atom. The van der Waals surface area contributed by atoms with Crippen LogP contribution < -0.4 is 0 Å². The van der Waals surface area contributed by atoms with E-state index >= 15 is 0 Å². The first-order valence-electron chi connectivity index (χ1n) is 4.01. The number of carbonyl (C=O) groups excluding carboxylic acids is 1. The van der Waals surface area contributed by atoms with Crippen LogP contribution in [0.15, 0.2) is 28.9 Å². The number of nitrogens with one attached hydrogen (secondary N) is 1. The lowest BCUT2D eigenvalue weighted by Crippen LogP contribution is -1.86. The lowest BCUT2D eigenvalue weighted by atomic mass is 10.1. The van der Waals surface area contributed by atoms with Gasteiger partial charge in [0.1, 0.15) is 6.29 Å². The van der Waals surface area contributed by atoms with Gasteiger partial charge in [0.2, 0.25) is 0 Å². The number of aldehydes is 1. The van der Waals surface area contributed by atoms with Crippen molar-refractivity contribution in [2.45, 2.75) is 6.42 Å². The van der Waals surface area contributed by atoms with Crippen molar-refractivity contribution in [2.24, 2.45) is 0 Å². The lowest BCUT2D eigenvalue weighted by Gasteiger charge is -1.98. The van der Waals surface area contributed by atoms with E-state index in [-0.39, 0.29) is 0 Å². The van der Waals surface area contributed by atoms with Gasteiger partial charge in [-0.25, -0.2) is 0 Å². The smallest absolute Gasteiger partial charge is 0.124 e. The zero-order valence-corrected chi connectivity index (χ0v) is 8.47. The van der Waals surface area contributed by atoms with E-state index in [1.807, 2.05) is 24.4 Å². The summed E-state index contributed by atoms with van der Waals surface area (Å²) in [6.07, 6.45) is 3.28. The second kappa shape index (κ2) is 3.34. The van der Waals surface area contributed by atoms with Crippen molar-refractivity contribution in [3.05, 3.63) is 34.4 Å². The average molecular weight is 238 g/mol. The molecule has 0 atom stereocenters. The maximum Gasteiger partial charge on any atom is 0.124 e. The number of aromatic nitrogens is 1. The van der Waals surface area contributed by atoms with E-state index in [1.165, 1.54) is 0 Å². The van der Waals surface area contributed by atoms with Crippen LogP contribution in [0.3, 0.4) is 0 Å². The molecule has 0 unspecified atom stereocenters. The number of hydrogen-bond acceptors (Lipinski definition) is 1. The van der Waals surface area contributed by atoms with Gasteiger partial charge in [-0.15, -0.1) is 0 Å². The fourth-order valence-electron chi connectivity index (χ4n) is 1.48. The minimum absolute atomic E-state index is 0.466. The third-order valence-electron chi connectivity index (χ3n) is 2.05. The number of aromatic amines is 1. The Morgan fingerprint density at radius 3 is 3.08 bits per heavy atom. The zero-order chi connectivity index (χ0) is 9.26. The fraction of sp³-hybridized carbons (Fsp3) is 0.100. The summed E-state index contributed by atoms with van der Waals surface area (Å²) in [7, 11) is 0. The summed E-state index contributed by atoms with van der Waals surface area (Å²) >= 11 is 3.44. The van der Waals surface area contributed by atoms with Crippen LogP contribution in [-0.4, -0.2) is 11.3 Å². The topological polar surface area (TPSA) is 32.9 Å². The molecule has 0 aliphatic carbocycles. The monoisotopic (exact) mass is 237 g/mol. The van der Waals surface area contributed by atoms with Crippen molar-refractivity contribution in [3.8, 4) is 0 Å². The molecule has 0 radical (unpaired) electrons. The van der Waals surface area contributed by atoms with Gasteiger partial charge >= 0.3 is 0 Å². The zero-order valence-electron chi connectivity index (χ0n) is 6.88. The summed E-state index contributed by atoms with van der Waals surface area (Å²) in [6, 6.07) is 5.91. The van der Waals surface area contributed by atoms with Gasteiger partial charge in [-0.05, 0) is 27.6 Å². The number of hydrogen-bond donors (Lipinski definition) is 1. The van der Waals surface area contributed by atoms with Crippen LogP contribution in [-0.2, 0) is 11.2 Å². The van der Waals surface area contributed by atoms with Crippen LogP contribution in [0.4, 0.5) is 0 Å². The van der Waals surface area contributed by atoms with Crippen LogP contribution in [0, 0.1) is 0 Å². The SMILES string of the molecule is O=CCc1cccc2[nH]cc(Br)c12. The number of halogens is 1. The van der Waals surface area contributed by atoms with Crippen molar-refractivity contribution >= 4 is 33.1 Å². The average Bonchev–Trinajstić information content (AvgIpc) is 2.50. The molecular formula is C10H8BrNO. The Balaban J connectivity index is 2.72. The van der Waals surface area contributed by atoms with E-state index in [9.17, 15) is 4.79 Å². The predicted molar refractivity (Wildman–Crippen MR) is 55.8 cm³/mol.